The summed E-state index contributed by atoms with van der Waals surface area (Å²) in [7, 11) is 0. The molecule has 0 aliphatic carbocycles. The van der Waals surface area contributed by atoms with Gasteiger partial charge in [0.25, 0.3) is 0 Å². The fourth-order valence-electron chi connectivity index (χ4n) is 1.94. The lowest BCUT2D eigenvalue weighted by atomic mass is 10.1. The first-order valence-electron chi connectivity index (χ1n) is 5.60. The van der Waals surface area contributed by atoms with E-state index in [-0.39, 0.29) is 0 Å². The molecule has 0 aromatic heterocycles. The monoisotopic (exact) mass is 222 g/mol. The molecule has 1 aromatic rings. The number of morpholine rings is 1. The van der Waals surface area contributed by atoms with Crippen LogP contribution in [0.15, 0.2) is 24.3 Å². The number of anilines is 1. The number of nitrogen functional groups attached to an aromatic ring is 1. The molecule has 4 heteroatoms. The van der Waals surface area contributed by atoms with Gasteiger partial charge in [-0.3, -0.25) is 4.90 Å². The molecule has 4 nitrogen and oxygen atoms in total. The molecule has 16 heavy (non-hydrogen) atoms. The lowest BCUT2D eigenvalue weighted by Gasteiger charge is -2.28. The van der Waals surface area contributed by atoms with Crippen LogP contribution in [-0.2, 0) is 4.74 Å². The molecule has 0 bridgehead atoms. The average molecular weight is 222 g/mol. The summed E-state index contributed by atoms with van der Waals surface area (Å²) in [5.74, 6) is 0. The van der Waals surface area contributed by atoms with Gasteiger partial charge in [-0.25, -0.2) is 0 Å². The summed E-state index contributed by atoms with van der Waals surface area (Å²) in [4.78, 5) is 2.20. The van der Waals surface area contributed by atoms with Crippen LogP contribution in [0.5, 0.6) is 0 Å². The lowest BCUT2D eigenvalue weighted by molar-refractivity contribution is 0.0145. The van der Waals surface area contributed by atoms with Crippen molar-refractivity contribution in [3.63, 3.8) is 0 Å². The molecule has 1 aliphatic rings. The standard InChI is InChI=1S/C12H18N2O2/c13-11-4-2-1-3-10(11)12(15)9-14-5-7-16-8-6-14/h1-4,12,15H,5-9,13H2. The summed E-state index contributed by atoms with van der Waals surface area (Å²) < 4.78 is 5.26. The van der Waals surface area contributed by atoms with Crippen molar-refractivity contribution in [1.29, 1.82) is 0 Å². The Morgan fingerprint density at radius 1 is 1.31 bits per heavy atom. The van der Waals surface area contributed by atoms with Crippen LogP contribution in [0.1, 0.15) is 11.7 Å². The number of ether oxygens (including phenoxy) is 1. The maximum absolute atomic E-state index is 10.1. The highest BCUT2D eigenvalue weighted by Gasteiger charge is 2.17. The van der Waals surface area contributed by atoms with E-state index >= 15 is 0 Å². The first-order valence-corrected chi connectivity index (χ1v) is 5.60. The van der Waals surface area contributed by atoms with E-state index < -0.39 is 6.10 Å². The Balaban J connectivity index is 1.96. The van der Waals surface area contributed by atoms with Crippen molar-refractivity contribution in [1.82, 2.24) is 4.90 Å². The lowest BCUT2D eigenvalue weighted by Crippen LogP contribution is -2.38. The summed E-state index contributed by atoms with van der Waals surface area (Å²) in [5, 5.41) is 10.1. The van der Waals surface area contributed by atoms with E-state index in [1.165, 1.54) is 0 Å². The number of nitrogens with zero attached hydrogens (tertiary/aromatic N) is 1. The molecule has 88 valence electrons. The maximum Gasteiger partial charge on any atom is 0.0936 e. The number of benzene rings is 1. The molecule has 3 N–H and O–H groups in total. The number of hydrogen-bond acceptors (Lipinski definition) is 4. The van der Waals surface area contributed by atoms with Gasteiger partial charge in [-0.1, -0.05) is 18.2 Å². The van der Waals surface area contributed by atoms with Gasteiger partial charge in [0, 0.05) is 30.9 Å². The Hall–Kier alpha value is -1.10. The van der Waals surface area contributed by atoms with Gasteiger partial charge < -0.3 is 15.6 Å². The Bertz CT molecular complexity index is 338. The van der Waals surface area contributed by atoms with Crippen LogP contribution in [0.2, 0.25) is 0 Å². The number of aliphatic hydroxyl groups excluding tert-OH is 1. The first kappa shape index (κ1) is 11.4. The van der Waals surface area contributed by atoms with E-state index in [1.54, 1.807) is 0 Å². The van der Waals surface area contributed by atoms with Gasteiger partial charge in [-0.05, 0) is 6.07 Å². The zero-order chi connectivity index (χ0) is 11.4. The average Bonchev–Trinajstić information content (AvgIpc) is 2.31. The first-order chi connectivity index (χ1) is 7.77. The van der Waals surface area contributed by atoms with Crippen LogP contribution in [0.4, 0.5) is 5.69 Å². The molecule has 1 atom stereocenters. The van der Waals surface area contributed by atoms with Gasteiger partial charge in [0.05, 0.1) is 19.3 Å². The molecule has 0 spiro atoms. The van der Waals surface area contributed by atoms with Crippen molar-refractivity contribution in [3.8, 4) is 0 Å². The molecule has 1 unspecified atom stereocenters. The molecule has 0 saturated carbocycles. The summed E-state index contributed by atoms with van der Waals surface area (Å²) >= 11 is 0. The quantitative estimate of drug-likeness (QED) is 0.737. The van der Waals surface area contributed by atoms with E-state index in [0.717, 1.165) is 31.9 Å². The molecular formula is C12H18N2O2. The third-order valence-corrected chi connectivity index (χ3v) is 2.89. The molecule has 1 aliphatic heterocycles. The second-order valence-electron chi connectivity index (χ2n) is 4.06. The molecule has 0 radical (unpaired) electrons. The Morgan fingerprint density at radius 3 is 2.69 bits per heavy atom. The summed E-state index contributed by atoms with van der Waals surface area (Å²) in [6.07, 6.45) is -0.515. The molecule has 1 saturated heterocycles. The topological polar surface area (TPSA) is 58.7 Å². The summed E-state index contributed by atoms with van der Waals surface area (Å²) in [6.45, 7) is 3.87. The molecular weight excluding hydrogens is 204 g/mol. The normalized spacial score (nSPS) is 19.6. The Kier molecular flexibility index (Phi) is 3.77. The van der Waals surface area contributed by atoms with Gasteiger partial charge >= 0.3 is 0 Å². The van der Waals surface area contributed by atoms with Crippen molar-refractivity contribution in [2.24, 2.45) is 0 Å². The highest BCUT2D eigenvalue weighted by molar-refractivity contribution is 5.47. The molecule has 1 heterocycles. The maximum atomic E-state index is 10.1. The number of hydrogen-bond donors (Lipinski definition) is 2. The fourth-order valence-corrected chi connectivity index (χ4v) is 1.94. The number of β-amino-alcohol motifs (C(OH)–C–C–N with tert-alkyl or cyclic N) is 1. The number of rotatable bonds is 3. The van der Waals surface area contributed by atoms with Crippen LogP contribution in [0.25, 0.3) is 0 Å². The van der Waals surface area contributed by atoms with Crippen LogP contribution in [0, 0.1) is 0 Å². The van der Waals surface area contributed by atoms with Crippen LogP contribution in [-0.4, -0.2) is 42.9 Å². The molecule has 1 aromatic carbocycles. The van der Waals surface area contributed by atoms with E-state index in [2.05, 4.69) is 4.90 Å². The zero-order valence-corrected chi connectivity index (χ0v) is 9.30. The molecule has 1 fully saturated rings. The minimum Gasteiger partial charge on any atom is -0.398 e. The van der Waals surface area contributed by atoms with Gasteiger partial charge in [0.2, 0.25) is 0 Å². The predicted octanol–water partition coefficient (Wildman–Crippen LogP) is 0.634. The third-order valence-electron chi connectivity index (χ3n) is 2.89. The van der Waals surface area contributed by atoms with Gasteiger partial charge in [-0.15, -0.1) is 0 Å². The van der Waals surface area contributed by atoms with E-state index in [0.29, 0.717) is 12.2 Å². The smallest absolute Gasteiger partial charge is 0.0936 e. The third kappa shape index (κ3) is 2.72. The highest BCUT2D eigenvalue weighted by atomic mass is 16.5. The van der Waals surface area contributed by atoms with Crippen molar-refractivity contribution >= 4 is 5.69 Å². The minimum absolute atomic E-state index is 0.515. The van der Waals surface area contributed by atoms with Crippen molar-refractivity contribution in [2.75, 3.05) is 38.6 Å². The van der Waals surface area contributed by atoms with Crippen LogP contribution >= 0.6 is 0 Å². The number of nitrogens with two attached hydrogens (primary N) is 1. The molecule has 2 rings (SSSR count). The van der Waals surface area contributed by atoms with Crippen LogP contribution < -0.4 is 5.73 Å². The number of aliphatic hydroxyl groups is 1. The highest BCUT2D eigenvalue weighted by Crippen LogP contribution is 2.20. The SMILES string of the molecule is Nc1ccccc1C(O)CN1CCOCC1. The number of para-hydroxylation sites is 1. The zero-order valence-electron chi connectivity index (χ0n) is 9.30. The van der Waals surface area contributed by atoms with Gasteiger partial charge in [0.1, 0.15) is 0 Å². The van der Waals surface area contributed by atoms with Crippen molar-refractivity contribution in [2.45, 2.75) is 6.10 Å². The minimum atomic E-state index is -0.515. The fraction of sp³-hybridized carbons (Fsp3) is 0.500. The second-order valence-corrected chi connectivity index (χ2v) is 4.06. The second kappa shape index (κ2) is 5.30. The Morgan fingerprint density at radius 2 is 2.00 bits per heavy atom. The molecule has 0 amide bonds. The predicted molar refractivity (Wildman–Crippen MR) is 63.1 cm³/mol. The van der Waals surface area contributed by atoms with E-state index in [9.17, 15) is 5.11 Å². The van der Waals surface area contributed by atoms with Gasteiger partial charge in [0.15, 0.2) is 0 Å². The van der Waals surface area contributed by atoms with Gasteiger partial charge in [-0.2, -0.15) is 0 Å². The van der Waals surface area contributed by atoms with Crippen LogP contribution in [0.3, 0.4) is 0 Å². The van der Waals surface area contributed by atoms with E-state index in [4.69, 9.17) is 10.5 Å². The Labute approximate surface area is 95.6 Å². The van der Waals surface area contributed by atoms with Crippen molar-refractivity contribution in [3.05, 3.63) is 29.8 Å². The summed E-state index contributed by atoms with van der Waals surface area (Å²) in [6, 6.07) is 7.47. The van der Waals surface area contributed by atoms with E-state index in [1.807, 2.05) is 24.3 Å². The summed E-state index contributed by atoms with van der Waals surface area (Å²) in [5.41, 5.74) is 7.29. The largest absolute Gasteiger partial charge is 0.398 e. The van der Waals surface area contributed by atoms with Crippen molar-refractivity contribution < 1.29 is 9.84 Å².